The Hall–Kier alpha value is -3.22. The van der Waals surface area contributed by atoms with Gasteiger partial charge in [0.05, 0.1) is 43.8 Å². The van der Waals surface area contributed by atoms with E-state index in [-0.39, 0.29) is 11.9 Å². The highest BCUT2D eigenvalue weighted by Crippen LogP contribution is 2.36. The second kappa shape index (κ2) is 6.25. The molecule has 0 bridgehead atoms. The van der Waals surface area contributed by atoms with Crippen LogP contribution in [-0.4, -0.2) is 42.4 Å². The van der Waals surface area contributed by atoms with Crippen molar-refractivity contribution >= 4 is 11.9 Å². The van der Waals surface area contributed by atoms with Gasteiger partial charge in [0, 0.05) is 7.05 Å². The van der Waals surface area contributed by atoms with Gasteiger partial charge in [-0.25, -0.2) is 4.79 Å². The van der Waals surface area contributed by atoms with Crippen LogP contribution in [0.2, 0.25) is 0 Å². The monoisotopic (exact) mass is 353 g/mol. The quantitative estimate of drug-likeness (QED) is 0.915. The molecule has 3 heterocycles. The van der Waals surface area contributed by atoms with Crippen LogP contribution in [-0.2, 0) is 11.3 Å². The second-order valence-corrected chi connectivity index (χ2v) is 6.32. The van der Waals surface area contributed by atoms with Crippen LogP contribution in [0.5, 0.6) is 5.75 Å². The normalized spacial score (nSPS) is 19.7. The van der Waals surface area contributed by atoms with E-state index in [0.717, 1.165) is 17.0 Å². The summed E-state index contributed by atoms with van der Waals surface area (Å²) >= 11 is 0. The number of furan rings is 1. The summed E-state index contributed by atoms with van der Waals surface area (Å²) in [4.78, 5) is 28.6. The number of benzene rings is 1. The van der Waals surface area contributed by atoms with Crippen molar-refractivity contribution in [2.75, 3.05) is 20.7 Å². The fraction of sp³-hybridized carbons (Fsp3) is 0.263. The first kappa shape index (κ1) is 16.3. The van der Waals surface area contributed by atoms with Crippen molar-refractivity contribution in [1.29, 1.82) is 0 Å². The first-order valence-electron chi connectivity index (χ1n) is 8.31. The van der Waals surface area contributed by atoms with E-state index in [1.165, 1.54) is 4.90 Å². The Morgan fingerprint density at radius 2 is 2.00 bits per heavy atom. The number of hydrogen-bond acceptors (Lipinski definition) is 4. The third-order valence-electron chi connectivity index (χ3n) is 4.81. The van der Waals surface area contributed by atoms with Crippen molar-refractivity contribution in [3.8, 4) is 5.75 Å². The minimum absolute atomic E-state index is 0.0935. The first-order chi connectivity index (χ1) is 12.6. The lowest BCUT2D eigenvalue weighted by Gasteiger charge is -2.31. The van der Waals surface area contributed by atoms with Gasteiger partial charge >= 0.3 is 6.03 Å². The summed E-state index contributed by atoms with van der Waals surface area (Å²) in [5, 5.41) is 2.92. The number of rotatable bonds is 4. The van der Waals surface area contributed by atoms with Crippen molar-refractivity contribution in [2.24, 2.45) is 0 Å². The van der Waals surface area contributed by atoms with E-state index < -0.39 is 6.04 Å². The van der Waals surface area contributed by atoms with Gasteiger partial charge < -0.3 is 19.4 Å². The second-order valence-electron chi connectivity index (χ2n) is 6.32. The molecule has 7 heteroatoms. The molecule has 0 radical (unpaired) electrons. The van der Waals surface area contributed by atoms with Gasteiger partial charge in [0.25, 0.3) is 5.91 Å². The molecule has 1 N–H and O–H groups in total. The van der Waals surface area contributed by atoms with Gasteiger partial charge in [0.2, 0.25) is 0 Å². The summed E-state index contributed by atoms with van der Waals surface area (Å²) in [7, 11) is 3.28. The van der Waals surface area contributed by atoms with Gasteiger partial charge in [-0.05, 0) is 29.8 Å². The molecule has 26 heavy (non-hydrogen) atoms. The predicted octanol–water partition coefficient (Wildman–Crippen LogP) is 2.28. The number of carbonyl (C=O) groups excluding carboxylic acids is 2. The maximum absolute atomic E-state index is 13.0. The van der Waals surface area contributed by atoms with E-state index in [2.05, 4.69) is 5.32 Å². The topological polar surface area (TPSA) is 75.0 Å². The molecule has 3 amide bonds. The lowest BCUT2D eigenvalue weighted by molar-refractivity contribution is -0.126. The molecule has 1 aromatic heterocycles. The Balaban J connectivity index is 1.67. The van der Waals surface area contributed by atoms with Gasteiger partial charge in [-0.3, -0.25) is 9.69 Å². The Labute approximate surface area is 150 Å². The minimum atomic E-state index is -0.478. The third kappa shape index (κ3) is 2.61. The molecule has 2 aliphatic rings. The predicted molar refractivity (Wildman–Crippen MR) is 93.2 cm³/mol. The van der Waals surface area contributed by atoms with E-state index in [0.29, 0.717) is 24.4 Å². The number of likely N-dealkylation sites (N-methyl/N-ethyl adjacent to an activating group) is 1. The highest BCUT2D eigenvalue weighted by molar-refractivity contribution is 6.01. The number of nitrogens with one attached hydrogen (secondary N) is 1. The molecule has 4 rings (SSSR count). The first-order valence-corrected chi connectivity index (χ1v) is 8.31. The summed E-state index contributed by atoms with van der Waals surface area (Å²) in [6.45, 7) is 0.752. The van der Waals surface area contributed by atoms with E-state index in [1.807, 2.05) is 30.3 Å². The molecule has 0 aliphatic carbocycles. The Morgan fingerprint density at radius 3 is 2.65 bits per heavy atom. The fourth-order valence-electron chi connectivity index (χ4n) is 3.39. The van der Waals surface area contributed by atoms with Crippen molar-refractivity contribution in [3.05, 3.63) is 65.3 Å². The van der Waals surface area contributed by atoms with E-state index >= 15 is 0 Å². The van der Waals surface area contributed by atoms with Gasteiger partial charge in [0.1, 0.15) is 11.5 Å². The van der Waals surface area contributed by atoms with Crippen LogP contribution >= 0.6 is 0 Å². The van der Waals surface area contributed by atoms with E-state index in [4.69, 9.17) is 9.15 Å². The zero-order valence-electron chi connectivity index (χ0n) is 14.6. The highest BCUT2D eigenvalue weighted by atomic mass is 16.5. The Kier molecular flexibility index (Phi) is 3.91. The number of nitrogens with zero attached hydrogens (tertiary/aromatic N) is 2. The van der Waals surface area contributed by atoms with Crippen LogP contribution in [0.15, 0.2) is 58.3 Å². The highest BCUT2D eigenvalue weighted by Gasteiger charge is 2.42. The number of carbonyl (C=O) groups is 2. The minimum Gasteiger partial charge on any atom is -0.497 e. The molecule has 0 saturated heterocycles. The van der Waals surface area contributed by atoms with E-state index in [9.17, 15) is 9.59 Å². The summed E-state index contributed by atoms with van der Waals surface area (Å²) in [6.07, 6.45) is 1.58. The Morgan fingerprint density at radius 1 is 1.23 bits per heavy atom. The maximum atomic E-state index is 13.0. The molecule has 0 unspecified atom stereocenters. The van der Waals surface area contributed by atoms with Crippen molar-refractivity contribution in [2.45, 2.75) is 12.6 Å². The average molecular weight is 353 g/mol. The molecule has 134 valence electrons. The number of amides is 3. The largest absolute Gasteiger partial charge is 0.497 e. The molecule has 0 fully saturated rings. The third-order valence-corrected chi connectivity index (χ3v) is 4.81. The van der Waals surface area contributed by atoms with Crippen molar-refractivity contribution in [3.63, 3.8) is 0 Å². The number of hydrogen-bond donors (Lipinski definition) is 1. The van der Waals surface area contributed by atoms with Crippen LogP contribution in [0.4, 0.5) is 4.79 Å². The lowest BCUT2D eigenvalue weighted by atomic mass is 9.95. The number of ether oxygens (including phenoxy) is 1. The van der Waals surface area contributed by atoms with Crippen LogP contribution in [0.1, 0.15) is 17.4 Å². The summed E-state index contributed by atoms with van der Waals surface area (Å²) < 4.78 is 10.5. The fourth-order valence-corrected chi connectivity index (χ4v) is 3.39. The summed E-state index contributed by atoms with van der Waals surface area (Å²) in [5.41, 5.74) is 2.17. The smallest absolute Gasteiger partial charge is 0.322 e. The van der Waals surface area contributed by atoms with Gasteiger partial charge in [-0.1, -0.05) is 12.1 Å². The molecule has 1 atom stereocenters. The van der Waals surface area contributed by atoms with Gasteiger partial charge in [0.15, 0.2) is 0 Å². The van der Waals surface area contributed by atoms with Crippen LogP contribution in [0.3, 0.4) is 0 Å². The Bertz CT molecular complexity index is 871. The SMILES string of the molecule is COc1ccc([C@@H]2NC(=O)N(C)C3=C2C(=O)N(Cc2ccco2)C3)cc1. The summed E-state index contributed by atoms with van der Waals surface area (Å²) in [5.74, 6) is 1.34. The van der Waals surface area contributed by atoms with E-state index in [1.54, 1.807) is 31.4 Å². The molecule has 2 aromatic rings. The molecular weight excluding hydrogens is 334 g/mol. The maximum Gasteiger partial charge on any atom is 0.322 e. The zero-order chi connectivity index (χ0) is 18.3. The number of urea groups is 1. The standard InChI is InChI=1S/C19H19N3O4/c1-21-15-11-22(10-14-4-3-9-26-14)18(23)16(15)17(20-19(21)24)12-5-7-13(25-2)8-6-12/h3-9,17H,10-11H2,1-2H3,(H,20,24)/t17-/m0/s1. The van der Waals surface area contributed by atoms with Gasteiger partial charge in [-0.15, -0.1) is 0 Å². The molecule has 2 aliphatic heterocycles. The molecule has 7 nitrogen and oxygen atoms in total. The van der Waals surface area contributed by atoms with Crippen molar-refractivity contribution in [1.82, 2.24) is 15.1 Å². The zero-order valence-corrected chi connectivity index (χ0v) is 14.6. The molecule has 0 spiro atoms. The molecule has 0 saturated carbocycles. The number of methoxy groups -OCH3 is 1. The average Bonchev–Trinajstić information content (AvgIpc) is 3.28. The van der Waals surface area contributed by atoms with Crippen LogP contribution < -0.4 is 10.1 Å². The molecule has 1 aromatic carbocycles. The van der Waals surface area contributed by atoms with Crippen LogP contribution in [0.25, 0.3) is 0 Å². The van der Waals surface area contributed by atoms with Gasteiger partial charge in [-0.2, -0.15) is 0 Å². The lowest BCUT2D eigenvalue weighted by Crippen LogP contribution is -2.45. The molecular formula is C19H19N3O4. The van der Waals surface area contributed by atoms with Crippen molar-refractivity contribution < 1.29 is 18.7 Å². The van der Waals surface area contributed by atoms with Crippen LogP contribution in [0, 0.1) is 0 Å². The summed E-state index contributed by atoms with van der Waals surface area (Å²) in [6, 6.07) is 10.3.